The first-order valence-electron chi connectivity index (χ1n) is 8.38. The van der Waals surface area contributed by atoms with Gasteiger partial charge in [0, 0.05) is 17.3 Å². The molecule has 0 aromatic heterocycles. The monoisotopic (exact) mass is 367 g/mol. The van der Waals surface area contributed by atoms with E-state index in [0.29, 0.717) is 42.1 Å². The van der Waals surface area contributed by atoms with Crippen LogP contribution in [-0.2, 0) is 16.0 Å². The number of nitriles is 1. The molecule has 0 radical (unpaired) electrons. The van der Waals surface area contributed by atoms with Crippen molar-refractivity contribution in [3.63, 3.8) is 0 Å². The summed E-state index contributed by atoms with van der Waals surface area (Å²) in [6.45, 7) is 0.465. The highest BCUT2D eigenvalue weighted by Crippen LogP contribution is 2.46. The zero-order chi connectivity index (χ0) is 18.6. The first kappa shape index (κ1) is 18.0. The Balaban J connectivity index is 1.53. The van der Waals surface area contributed by atoms with Crippen molar-refractivity contribution in [3.8, 4) is 6.07 Å². The lowest BCUT2D eigenvalue weighted by Gasteiger charge is -2.15. The summed E-state index contributed by atoms with van der Waals surface area (Å²) in [6.07, 6.45) is 1.76. The Labute approximate surface area is 157 Å². The molecule has 0 heterocycles. The summed E-state index contributed by atoms with van der Waals surface area (Å²) in [5, 5.41) is 15.1. The first-order valence-corrected chi connectivity index (χ1v) is 8.76. The second-order valence-corrected chi connectivity index (χ2v) is 6.79. The van der Waals surface area contributed by atoms with Crippen LogP contribution in [0.1, 0.15) is 24.0 Å². The van der Waals surface area contributed by atoms with Gasteiger partial charge in [-0.1, -0.05) is 23.7 Å². The largest absolute Gasteiger partial charge is 0.355 e. The number of hydrogen-bond acceptors (Lipinski definition) is 3. The van der Waals surface area contributed by atoms with Crippen molar-refractivity contribution in [2.45, 2.75) is 19.3 Å². The van der Waals surface area contributed by atoms with E-state index in [-0.39, 0.29) is 11.8 Å². The maximum Gasteiger partial charge on any atom is 0.240 e. The van der Waals surface area contributed by atoms with Gasteiger partial charge in [-0.3, -0.25) is 9.59 Å². The Morgan fingerprint density at radius 2 is 1.69 bits per heavy atom. The van der Waals surface area contributed by atoms with Crippen molar-refractivity contribution < 1.29 is 9.59 Å². The highest BCUT2D eigenvalue weighted by atomic mass is 35.5. The number of anilines is 1. The Morgan fingerprint density at radius 1 is 1.04 bits per heavy atom. The number of benzene rings is 2. The van der Waals surface area contributed by atoms with E-state index in [9.17, 15) is 9.59 Å². The van der Waals surface area contributed by atoms with Gasteiger partial charge in [0.05, 0.1) is 11.6 Å². The van der Waals surface area contributed by atoms with E-state index in [2.05, 4.69) is 10.6 Å². The predicted octanol–water partition coefficient (Wildman–Crippen LogP) is 3.29. The van der Waals surface area contributed by atoms with Gasteiger partial charge in [0.2, 0.25) is 11.8 Å². The quantitative estimate of drug-likeness (QED) is 0.768. The van der Waals surface area contributed by atoms with Crippen LogP contribution in [0.25, 0.3) is 0 Å². The summed E-state index contributed by atoms with van der Waals surface area (Å²) in [6, 6.07) is 16.0. The van der Waals surface area contributed by atoms with Crippen LogP contribution in [0.5, 0.6) is 0 Å². The molecule has 2 aromatic carbocycles. The molecule has 2 amide bonds. The summed E-state index contributed by atoms with van der Waals surface area (Å²) in [7, 11) is 0. The molecule has 1 aliphatic rings. The Bertz CT molecular complexity index is 850. The summed E-state index contributed by atoms with van der Waals surface area (Å²) in [5.41, 5.74) is 1.19. The van der Waals surface area contributed by atoms with E-state index in [0.717, 1.165) is 5.56 Å². The van der Waals surface area contributed by atoms with Crippen molar-refractivity contribution in [3.05, 3.63) is 64.7 Å². The maximum atomic E-state index is 12.5. The van der Waals surface area contributed by atoms with Gasteiger partial charge in [-0.05, 0) is 61.2 Å². The molecule has 132 valence electrons. The summed E-state index contributed by atoms with van der Waals surface area (Å²) < 4.78 is 0. The first-order chi connectivity index (χ1) is 12.5. The average Bonchev–Trinajstić information content (AvgIpc) is 3.46. The third-order valence-corrected chi connectivity index (χ3v) is 4.76. The van der Waals surface area contributed by atoms with Crippen LogP contribution in [0.2, 0.25) is 5.02 Å². The van der Waals surface area contributed by atoms with E-state index in [4.69, 9.17) is 16.9 Å². The molecule has 0 unspecified atom stereocenters. The maximum absolute atomic E-state index is 12.5. The molecule has 2 aromatic rings. The predicted molar refractivity (Wildman–Crippen MR) is 99.6 cm³/mol. The summed E-state index contributed by atoms with van der Waals surface area (Å²) in [5.74, 6) is -0.538. The molecular weight excluding hydrogens is 350 g/mol. The fourth-order valence-corrected chi connectivity index (χ4v) is 2.83. The second kappa shape index (κ2) is 7.59. The minimum absolute atomic E-state index is 0.238. The normalized spacial score (nSPS) is 14.2. The van der Waals surface area contributed by atoms with Gasteiger partial charge < -0.3 is 10.6 Å². The van der Waals surface area contributed by atoms with Crippen LogP contribution in [0.15, 0.2) is 48.5 Å². The molecule has 0 spiro atoms. The molecule has 1 saturated carbocycles. The standard InChI is InChI=1S/C20H18ClN3O2/c21-16-5-1-14(2-6-16)9-12-23-18(25)20(10-11-20)19(26)24-17-7-3-15(13-22)4-8-17/h1-8H,9-12H2,(H,23,25)(H,24,26). The number of nitrogens with zero attached hydrogens (tertiary/aromatic N) is 1. The van der Waals surface area contributed by atoms with Gasteiger partial charge in [0.25, 0.3) is 0 Å². The van der Waals surface area contributed by atoms with Crippen molar-refractivity contribution in [2.75, 3.05) is 11.9 Å². The van der Waals surface area contributed by atoms with Crippen LogP contribution >= 0.6 is 11.6 Å². The molecule has 1 aliphatic carbocycles. The topological polar surface area (TPSA) is 82.0 Å². The lowest BCUT2D eigenvalue weighted by molar-refractivity contribution is -0.134. The minimum Gasteiger partial charge on any atom is -0.355 e. The Kier molecular flexibility index (Phi) is 5.24. The molecular formula is C20H18ClN3O2. The van der Waals surface area contributed by atoms with Crippen LogP contribution in [0.3, 0.4) is 0 Å². The van der Waals surface area contributed by atoms with Crippen LogP contribution in [0, 0.1) is 16.7 Å². The highest BCUT2D eigenvalue weighted by Gasteiger charge is 2.56. The number of carbonyl (C=O) groups excluding carboxylic acids is 2. The van der Waals surface area contributed by atoms with Crippen LogP contribution < -0.4 is 10.6 Å². The second-order valence-electron chi connectivity index (χ2n) is 6.36. The number of hydrogen-bond donors (Lipinski definition) is 2. The number of nitrogens with one attached hydrogen (secondary N) is 2. The van der Waals surface area contributed by atoms with Crippen molar-refractivity contribution in [2.24, 2.45) is 5.41 Å². The average molecular weight is 368 g/mol. The number of carbonyl (C=O) groups is 2. The van der Waals surface area contributed by atoms with Gasteiger partial charge in [-0.2, -0.15) is 5.26 Å². The SMILES string of the molecule is N#Cc1ccc(NC(=O)C2(C(=O)NCCc3ccc(Cl)cc3)CC2)cc1. The molecule has 3 rings (SSSR count). The lowest BCUT2D eigenvalue weighted by Crippen LogP contribution is -2.40. The van der Waals surface area contributed by atoms with Gasteiger partial charge in [0.1, 0.15) is 5.41 Å². The molecule has 6 heteroatoms. The molecule has 1 fully saturated rings. The van der Waals surface area contributed by atoms with E-state index in [1.807, 2.05) is 30.3 Å². The lowest BCUT2D eigenvalue weighted by atomic mass is 10.0. The highest BCUT2D eigenvalue weighted by molar-refractivity contribution is 6.30. The fourth-order valence-electron chi connectivity index (χ4n) is 2.70. The smallest absolute Gasteiger partial charge is 0.240 e. The van der Waals surface area contributed by atoms with Crippen molar-refractivity contribution >= 4 is 29.1 Å². The molecule has 0 atom stereocenters. The van der Waals surface area contributed by atoms with Crippen LogP contribution in [0.4, 0.5) is 5.69 Å². The van der Waals surface area contributed by atoms with Crippen molar-refractivity contribution in [1.82, 2.24) is 5.32 Å². The number of rotatable bonds is 6. The molecule has 2 N–H and O–H groups in total. The van der Waals surface area contributed by atoms with Crippen molar-refractivity contribution in [1.29, 1.82) is 5.26 Å². The van der Waals surface area contributed by atoms with E-state index in [1.165, 1.54) is 0 Å². The van der Waals surface area contributed by atoms with Gasteiger partial charge in [-0.15, -0.1) is 0 Å². The molecule has 5 nitrogen and oxygen atoms in total. The van der Waals surface area contributed by atoms with E-state index < -0.39 is 5.41 Å². The van der Waals surface area contributed by atoms with Gasteiger partial charge in [0.15, 0.2) is 0 Å². The molecule has 0 aliphatic heterocycles. The third kappa shape index (κ3) is 4.04. The zero-order valence-corrected chi connectivity index (χ0v) is 14.8. The van der Waals surface area contributed by atoms with Gasteiger partial charge >= 0.3 is 0 Å². The minimum atomic E-state index is -0.978. The van der Waals surface area contributed by atoms with Gasteiger partial charge in [-0.25, -0.2) is 0 Å². The Hall–Kier alpha value is -2.84. The third-order valence-electron chi connectivity index (χ3n) is 4.50. The number of amides is 2. The molecule has 0 saturated heterocycles. The molecule has 0 bridgehead atoms. The fraction of sp³-hybridized carbons (Fsp3) is 0.250. The summed E-state index contributed by atoms with van der Waals surface area (Å²) >= 11 is 5.85. The van der Waals surface area contributed by atoms with E-state index >= 15 is 0 Å². The van der Waals surface area contributed by atoms with E-state index in [1.54, 1.807) is 24.3 Å². The molecule has 26 heavy (non-hydrogen) atoms. The Morgan fingerprint density at radius 3 is 2.27 bits per heavy atom. The van der Waals surface area contributed by atoms with Crippen LogP contribution in [-0.4, -0.2) is 18.4 Å². The number of halogens is 1. The summed E-state index contributed by atoms with van der Waals surface area (Å²) in [4.78, 5) is 25.0. The zero-order valence-electron chi connectivity index (χ0n) is 14.1.